The van der Waals surface area contributed by atoms with Crippen LogP contribution in [-0.4, -0.2) is 32.7 Å². The van der Waals surface area contributed by atoms with Gasteiger partial charge in [-0.05, 0) is 12.1 Å². The summed E-state index contributed by atoms with van der Waals surface area (Å²) in [6.45, 7) is 3.00. The van der Waals surface area contributed by atoms with E-state index >= 15 is 0 Å². The number of rotatable bonds is 4. The van der Waals surface area contributed by atoms with E-state index in [1.165, 1.54) is 24.4 Å². The lowest BCUT2D eigenvalue weighted by Crippen LogP contribution is -2.11. The molecule has 2 heterocycles. The molecule has 0 aromatic carbocycles. The maximum atomic E-state index is 12.2. The Balaban J connectivity index is 2.97. The number of hydrogen-bond donors (Lipinski definition) is 0. The number of pyridine rings is 1. The first kappa shape index (κ1) is 14.1. The Morgan fingerprint density at radius 3 is 2.21 bits per heavy atom. The lowest BCUT2D eigenvalue weighted by atomic mass is 10.4. The van der Waals surface area contributed by atoms with Gasteiger partial charge in [0.25, 0.3) is 0 Å². The molecule has 7 heteroatoms. The standard InChI is InChI=1S/C12H15NO4S2/c1-3-18(14,15)11-9-13-8-6-5-7-10(13)12(11)19(16,17)4-2/h5-9H,3-4H2,1-2H3. The molecule has 2 aromatic heterocycles. The lowest BCUT2D eigenvalue weighted by molar-refractivity contribution is 0.586. The molecule has 0 saturated carbocycles. The third kappa shape index (κ3) is 2.28. The number of fused-ring (bicyclic) bond motifs is 1. The van der Waals surface area contributed by atoms with Gasteiger partial charge in [-0.25, -0.2) is 16.8 Å². The molecule has 0 aliphatic rings. The van der Waals surface area contributed by atoms with Crippen molar-refractivity contribution in [2.75, 3.05) is 11.5 Å². The molecule has 0 aliphatic carbocycles. The zero-order chi connectivity index (χ0) is 14.3. The van der Waals surface area contributed by atoms with E-state index < -0.39 is 19.7 Å². The minimum Gasteiger partial charge on any atom is -0.321 e. The number of aromatic nitrogens is 1. The fourth-order valence-corrected chi connectivity index (χ4v) is 4.78. The first-order valence-electron chi connectivity index (χ1n) is 5.88. The van der Waals surface area contributed by atoms with Crippen LogP contribution in [0.2, 0.25) is 0 Å². The van der Waals surface area contributed by atoms with Crippen LogP contribution in [0, 0.1) is 0 Å². The van der Waals surface area contributed by atoms with E-state index in [2.05, 4.69) is 0 Å². The number of nitrogens with zero attached hydrogens (tertiary/aromatic N) is 1. The second kappa shape index (κ2) is 4.64. The first-order valence-corrected chi connectivity index (χ1v) is 9.19. The van der Waals surface area contributed by atoms with Gasteiger partial charge in [0.2, 0.25) is 0 Å². The van der Waals surface area contributed by atoms with E-state index in [1.54, 1.807) is 24.4 Å². The minimum absolute atomic E-state index is 0.0857. The van der Waals surface area contributed by atoms with Crippen molar-refractivity contribution < 1.29 is 16.8 Å². The van der Waals surface area contributed by atoms with E-state index in [1.807, 2.05) is 0 Å². The van der Waals surface area contributed by atoms with Crippen molar-refractivity contribution in [1.82, 2.24) is 4.40 Å². The maximum Gasteiger partial charge on any atom is 0.181 e. The molecule has 0 atom stereocenters. The van der Waals surface area contributed by atoms with Crippen molar-refractivity contribution in [1.29, 1.82) is 0 Å². The van der Waals surface area contributed by atoms with E-state index in [9.17, 15) is 16.8 Å². The summed E-state index contributed by atoms with van der Waals surface area (Å²) < 4.78 is 50.0. The second-order valence-electron chi connectivity index (χ2n) is 4.12. The Morgan fingerprint density at radius 1 is 1.00 bits per heavy atom. The fraction of sp³-hybridized carbons (Fsp3) is 0.333. The lowest BCUT2D eigenvalue weighted by Gasteiger charge is -2.04. The molecule has 0 saturated heterocycles. The van der Waals surface area contributed by atoms with Crippen LogP contribution in [0.5, 0.6) is 0 Å². The van der Waals surface area contributed by atoms with Gasteiger partial charge in [0.1, 0.15) is 9.79 Å². The maximum absolute atomic E-state index is 12.2. The largest absolute Gasteiger partial charge is 0.321 e. The topological polar surface area (TPSA) is 72.7 Å². The zero-order valence-electron chi connectivity index (χ0n) is 10.7. The van der Waals surface area contributed by atoms with Crippen molar-refractivity contribution in [2.45, 2.75) is 23.6 Å². The van der Waals surface area contributed by atoms with Gasteiger partial charge in [-0.15, -0.1) is 0 Å². The predicted octanol–water partition coefficient (Wildman–Crippen LogP) is 1.53. The zero-order valence-corrected chi connectivity index (χ0v) is 12.3. The predicted molar refractivity (Wildman–Crippen MR) is 72.9 cm³/mol. The van der Waals surface area contributed by atoms with Gasteiger partial charge in [-0.3, -0.25) is 0 Å². The highest BCUT2D eigenvalue weighted by Crippen LogP contribution is 2.29. The molecule has 0 bridgehead atoms. The van der Waals surface area contributed by atoms with Gasteiger partial charge in [0.05, 0.1) is 17.0 Å². The monoisotopic (exact) mass is 301 g/mol. The van der Waals surface area contributed by atoms with Gasteiger partial charge in [0.15, 0.2) is 19.7 Å². The molecule has 0 amide bonds. The summed E-state index contributed by atoms with van der Waals surface area (Å²) in [7, 11) is -7.19. The molecule has 0 aliphatic heterocycles. The molecular formula is C12H15NO4S2. The van der Waals surface area contributed by atoms with Crippen LogP contribution < -0.4 is 0 Å². The van der Waals surface area contributed by atoms with Crippen LogP contribution >= 0.6 is 0 Å². The highest BCUT2D eigenvalue weighted by molar-refractivity contribution is 7.94. The summed E-state index contributed by atoms with van der Waals surface area (Å²) in [5.41, 5.74) is 0.399. The Bertz CT molecular complexity index is 817. The molecule has 5 nitrogen and oxygen atoms in total. The Kier molecular flexibility index (Phi) is 3.44. The molecule has 2 rings (SSSR count). The highest BCUT2D eigenvalue weighted by Gasteiger charge is 2.28. The van der Waals surface area contributed by atoms with Gasteiger partial charge >= 0.3 is 0 Å². The SMILES string of the molecule is CCS(=O)(=O)c1cn2ccccc2c1S(=O)(=O)CC. The fourth-order valence-electron chi connectivity index (χ4n) is 1.91. The molecule has 104 valence electrons. The number of sulfone groups is 2. The summed E-state index contributed by atoms with van der Waals surface area (Å²) in [5.74, 6) is -0.260. The minimum atomic E-state index is -3.61. The summed E-state index contributed by atoms with van der Waals surface area (Å²) >= 11 is 0. The van der Waals surface area contributed by atoms with E-state index in [0.717, 1.165) is 0 Å². The highest BCUT2D eigenvalue weighted by atomic mass is 32.2. The Morgan fingerprint density at radius 2 is 1.63 bits per heavy atom. The molecular weight excluding hydrogens is 286 g/mol. The molecule has 0 radical (unpaired) electrons. The van der Waals surface area contributed by atoms with E-state index in [4.69, 9.17) is 0 Å². The van der Waals surface area contributed by atoms with Crippen LogP contribution in [0.1, 0.15) is 13.8 Å². The Labute approximate surface area is 112 Å². The molecule has 0 fully saturated rings. The van der Waals surface area contributed by atoms with Crippen molar-refractivity contribution in [3.63, 3.8) is 0 Å². The molecule has 2 aromatic rings. The molecule has 0 spiro atoms. The molecule has 0 N–H and O–H groups in total. The average Bonchev–Trinajstić information content (AvgIpc) is 2.79. The smallest absolute Gasteiger partial charge is 0.181 e. The first-order chi connectivity index (χ1) is 8.83. The summed E-state index contributed by atoms with van der Waals surface area (Å²) in [6.07, 6.45) is 3.01. The van der Waals surface area contributed by atoms with Gasteiger partial charge in [-0.1, -0.05) is 19.9 Å². The number of hydrogen-bond acceptors (Lipinski definition) is 4. The van der Waals surface area contributed by atoms with E-state index in [-0.39, 0.29) is 21.3 Å². The summed E-state index contributed by atoms with van der Waals surface area (Å²) in [6, 6.07) is 5.02. The van der Waals surface area contributed by atoms with Gasteiger partial charge in [0, 0.05) is 12.4 Å². The van der Waals surface area contributed by atoms with Crippen molar-refractivity contribution in [3.05, 3.63) is 30.6 Å². The van der Waals surface area contributed by atoms with Crippen molar-refractivity contribution in [3.8, 4) is 0 Å². The molecule has 19 heavy (non-hydrogen) atoms. The van der Waals surface area contributed by atoms with Crippen LogP contribution in [0.25, 0.3) is 5.52 Å². The van der Waals surface area contributed by atoms with Crippen LogP contribution in [-0.2, 0) is 19.7 Å². The quantitative estimate of drug-likeness (QED) is 0.858. The van der Waals surface area contributed by atoms with Crippen LogP contribution in [0.3, 0.4) is 0 Å². The Hall–Kier alpha value is -1.34. The second-order valence-corrected chi connectivity index (χ2v) is 8.58. The van der Waals surface area contributed by atoms with Crippen LogP contribution in [0.4, 0.5) is 0 Å². The molecule has 0 unspecified atom stereocenters. The normalized spacial score (nSPS) is 12.9. The summed E-state index contributed by atoms with van der Waals surface area (Å²) in [5, 5.41) is 0. The van der Waals surface area contributed by atoms with Crippen molar-refractivity contribution >= 4 is 25.2 Å². The third-order valence-corrected chi connectivity index (χ3v) is 6.69. The van der Waals surface area contributed by atoms with Gasteiger partial charge < -0.3 is 4.40 Å². The van der Waals surface area contributed by atoms with Gasteiger partial charge in [-0.2, -0.15) is 0 Å². The van der Waals surface area contributed by atoms with Crippen LogP contribution in [0.15, 0.2) is 40.4 Å². The summed E-state index contributed by atoms with van der Waals surface area (Å²) in [4.78, 5) is -0.194. The van der Waals surface area contributed by atoms with E-state index in [0.29, 0.717) is 5.52 Å². The third-order valence-electron chi connectivity index (χ3n) is 3.01. The van der Waals surface area contributed by atoms with Crippen molar-refractivity contribution in [2.24, 2.45) is 0 Å². The average molecular weight is 301 g/mol.